The molecule has 1 aromatic carbocycles. The molecule has 1 amide bonds. The van der Waals surface area contributed by atoms with Crippen LogP contribution in [0.5, 0.6) is 0 Å². The van der Waals surface area contributed by atoms with E-state index in [0.717, 1.165) is 16.8 Å². The summed E-state index contributed by atoms with van der Waals surface area (Å²) in [7, 11) is 0. The Morgan fingerprint density at radius 1 is 1.11 bits per heavy atom. The molecule has 0 fully saturated rings. The fourth-order valence-corrected chi connectivity index (χ4v) is 2.58. The molecular weight excluding hydrogens is 344 g/mol. The number of aromatic amines is 1. The molecule has 0 radical (unpaired) electrons. The number of carbonyl (C=O) groups is 1. The van der Waals surface area contributed by atoms with Gasteiger partial charge in [0.1, 0.15) is 6.04 Å². The van der Waals surface area contributed by atoms with E-state index in [0.29, 0.717) is 17.3 Å². The van der Waals surface area contributed by atoms with Gasteiger partial charge in [-0.05, 0) is 42.8 Å². The number of pyridine rings is 1. The Balaban J connectivity index is 1.44. The first-order chi connectivity index (χ1) is 13.2. The minimum Gasteiger partial charge on any atom is -0.341 e. The van der Waals surface area contributed by atoms with Gasteiger partial charge in [0.2, 0.25) is 11.7 Å². The van der Waals surface area contributed by atoms with Gasteiger partial charge in [-0.3, -0.25) is 14.9 Å². The van der Waals surface area contributed by atoms with Gasteiger partial charge < -0.3 is 9.84 Å². The molecule has 2 N–H and O–H groups in total. The molecule has 0 aliphatic rings. The zero-order chi connectivity index (χ0) is 18.6. The third kappa shape index (κ3) is 3.59. The first-order valence-electron chi connectivity index (χ1n) is 8.35. The minimum absolute atomic E-state index is 0.222. The van der Waals surface area contributed by atoms with Crippen LogP contribution in [0.2, 0.25) is 0 Å². The number of rotatable bonds is 5. The van der Waals surface area contributed by atoms with Gasteiger partial charge in [-0.2, -0.15) is 10.1 Å². The number of benzene rings is 1. The summed E-state index contributed by atoms with van der Waals surface area (Å²) in [4.78, 5) is 20.8. The number of hydrogen-bond acceptors (Lipinski definition) is 6. The molecule has 27 heavy (non-hydrogen) atoms. The smallest absolute Gasteiger partial charge is 0.251 e. The molecule has 0 saturated carbocycles. The molecule has 4 rings (SSSR count). The maximum atomic E-state index is 12.5. The Morgan fingerprint density at radius 2 is 1.96 bits per heavy atom. The van der Waals surface area contributed by atoms with E-state index in [-0.39, 0.29) is 5.91 Å². The molecule has 4 aromatic rings. The van der Waals surface area contributed by atoms with Crippen LogP contribution in [0.1, 0.15) is 29.2 Å². The Hall–Kier alpha value is -3.81. The average molecular weight is 360 g/mol. The van der Waals surface area contributed by atoms with Crippen molar-refractivity contribution in [3.05, 3.63) is 72.5 Å². The number of H-pyrrole nitrogens is 1. The van der Waals surface area contributed by atoms with Gasteiger partial charge in [0, 0.05) is 29.7 Å². The molecule has 8 heteroatoms. The molecule has 0 spiro atoms. The lowest BCUT2D eigenvalue weighted by molar-refractivity contribution is 0.0932. The first-order valence-corrected chi connectivity index (χ1v) is 8.35. The van der Waals surface area contributed by atoms with Crippen LogP contribution >= 0.6 is 0 Å². The third-order valence-corrected chi connectivity index (χ3v) is 4.04. The van der Waals surface area contributed by atoms with Crippen LogP contribution in [0.25, 0.3) is 22.6 Å². The third-order valence-electron chi connectivity index (χ3n) is 4.04. The summed E-state index contributed by atoms with van der Waals surface area (Å²) in [5.74, 6) is 0.541. The Bertz CT molecular complexity index is 1030. The Morgan fingerprint density at radius 3 is 2.67 bits per heavy atom. The second-order valence-corrected chi connectivity index (χ2v) is 5.94. The first kappa shape index (κ1) is 16.6. The number of carbonyl (C=O) groups excluding carboxylic acids is 1. The van der Waals surface area contributed by atoms with Crippen molar-refractivity contribution in [3.63, 3.8) is 0 Å². The molecule has 3 heterocycles. The van der Waals surface area contributed by atoms with Crippen LogP contribution in [0.3, 0.4) is 0 Å². The maximum Gasteiger partial charge on any atom is 0.251 e. The van der Waals surface area contributed by atoms with Crippen molar-refractivity contribution in [2.24, 2.45) is 0 Å². The zero-order valence-electron chi connectivity index (χ0n) is 14.5. The van der Waals surface area contributed by atoms with Gasteiger partial charge in [0.25, 0.3) is 5.91 Å². The topological polar surface area (TPSA) is 110 Å². The van der Waals surface area contributed by atoms with Crippen LogP contribution < -0.4 is 5.32 Å². The summed E-state index contributed by atoms with van der Waals surface area (Å²) in [5.41, 5.74) is 3.14. The summed E-state index contributed by atoms with van der Waals surface area (Å²) in [5, 5.41) is 13.6. The highest BCUT2D eigenvalue weighted by Crippen LogP contribution is 2.19. The van der Waals surface area contributed by atoms with Gasteiger partial charge in [-0.25, -0.2) is 0 Å². The van der Waals surface area contributed by atoms with Crippen LogP contribution in [-0.2, 0) is 0 Å². The summed E-state index contributed by atoms with van der Waals surface area (Å²) >= 11 is 0. The fraction of sp³-hybridized carbons (Fsp3) is 0.105. The molecule has 0 unspecified atom stereocenters. The predicted molar refractivity (Wildman–Crippen MR) is 97.4 cm³/mol. The molecule has 134 valence electrons. The summed E-state index contributed by atoms with van der Waals surface area (Å²) in [6.07, 6.45) is 5.01. The van der Waals surface area contributed by atoms with Gasteiger partial charge >= 0.3 is 0 Å². The molecule has 0 bridgehead atoms. The monoisotopic (exact) mass is 360 g/mol. The lowest BCUT2D eigenvalue weighted by Crippen LogP contribution is -2.26. The number of amides is 1. The number of nitrogens with zero attached hydrogens (tertiary/aromatic N) is 4. The second kappa shape index (κ2) is 7.20. The molecule has 0 aliphatic heterocycles. The highest BCUT2D eigenvalue weighted by Gasteiger charge is 2.18. The lowest BCUT2D eigenvalue weighted by Gasteiger charge is -2.10. The van der Waals surface area contributed by atoms with Crippen molar-refractivity contribution in [2.45, 2.75) is 13.0 Å². The van der Waals surface area contributed by atoms with Crippen LogP contribution in [0, 0.1) is 0 Å². The minimum atomic E-state index is -0.428. The highest BCUT2D eigenvalue weighted by molar-refractivity contribution is 5.94. The van der Waals surface area contributed by atoms with Gasteiger partial charge in [0.15, 0.2) is 0 Å². The van der Waals surface area contributed by atoms with Crippen LogP contribution in [0.4, 0.5) is 0 Å². The quantitative estimate of drug-likeness (QED) is 0.566. The van der Waals surface area contributed by atoms with E-state index in [1.807, 2.05) is 24.3 Å². The molecule has 8 nitrogen and oxygen atoms in total. The average Bonchev–Trinajstić information content (AvgIpc) is 3.41. The van der Waals surface area contributed by atoms with Gasteiger partial charge in [0.05, 0.1) is 5.69 Å². The van der Waals surface area contributed by atoms with E-state index in [4.69, 9.17) is 4.52 Å². The van der Waals surface area contributed by atoms with Gasteiger partial charge in [-0.1, -0.05) is 17.3 Å². The standard InChI is InChI=1S/C19H16N6O2/c1-12(19-23-17(25-27-19)15-3-2-9-20-11-15)22-18(26)14-6-4-13(5-7-14)16-8-10-21-24-16/h2-12H,1H3,(H,21,24)(H,22,26)/t12-/m1/s1. The highest BCUT2D eigenvalue weighted by atomic mass is 16.5. The van der Waals surface area contributed by atoms with E-state index >= 15 is 0 Å². The van der Waals surface area contributed by atoms with Crippen molar-refractivity contribution >= 4 is 5.91 Å². The van der Waals surface area contributed by atoms with E-state index in [9.17, 15) is 4.79 Å². The number of hydrogen-bond donors (Lipinski definition) is 2. The largest absolute Gasteiger partial charge is 0.341 e. The molecule has 3 aromatic heterocycles. The van der Waals surface area contributed by atoms with Crippen LogP contribution in [-0.4, -0.2) is 31.2 Å². The SMILES string of the molecule is C[C@@H](NC(=O)c1ccc(-c2ccn[nH]2)cc1)c1nc(-c2cccnc2)no1. The van der Waals surface area contributed by atoms with Crippen LogP contribution in [0.15, 0.2) is 65.6 Å². The molecule has 0 saturated heterocycles. The Labute approximate surface area is 154 Å². The molecule has 0 aliphatic carbocycles. The fourth-order valence-electron chi connectivity index (χ4n) is 2.58. The Kier molecular flexibility index (Phi) is 4.44. The number of aromatic nitrogens is 5. The van der Waals surface area contributed by atoms with Crippen molar-refractivity contribution in [3.8, 4) is 22.6 Å². The second-order valence-electron chi connectivity index (χ2n) is 5.94. The summed E-state index contributed by atoms with van der Waals surface area (Å²) in [6.45, 7) is 1.79. The van der Waals surface area contributed by atoms with Gasteiger partial charge in [-0.15, -0.1) is 0 Å². The molecule has 1 atom stereocenters. The van der Waals surface area contributed by atoms with Crippen molar-refractivity contribution in [1.82, 2.24) is 30.6 Å². The van der Waals surface area contributed by atoms with Crippen molar-refractivity contribution in [2.75, 3.05) is 0 Å². The van der Waals surface area contributed by atoms with E-state index in [1.54, 1.807) is 43.7 Å². The summed E-state index contributed by atoms with van der Waals surface area (Å²) in [6, 6.07) is 12.3. The van der Waals surface area contributed by atoms with Crippen molar-refractivity contribution < 1.29 is 9.32 Å². The molecular formula is C19H16N6O2. The van der Waals surface area contributed by atoms with E-state index in [2.05, 4.69) is 30.6 Å². The zero-order valence-corrected chi connectivity index (χ0v) is 14.5. The summed E-state index contributed by atoms with van der Waals surface area (Å²) < 4.78 is 5.27. The maximum absolute atomic E-state index is 12.5. The normalized spacial score (nSPS) is 11.9. The number of nitrogens with one attached hydrogen (secondary N) is 2. The van der Waals surface area contributed by atoms with Crippen molar-refractivity contribution in [1.29, 1.82) is 0 Å². The van der Waals surface area contributed by atoms with E-state index in [1.165, 1.54) is 0 Å². The van der Waals surface area contributed by atoms with E-state index < -0.39 is 6.04 Å². The lowest BCUT2D eigenvalue weighted by atomic mass is 10.1. The predicted octanol–water partition coefficient (Wildman–Crippen LogP) is 3.01.